The lowest BCUT2D eigenvalue weighted by Crippen LogP contribution is -2.06. The van der Waals surface area contributed by atoms with Crippen molar-refractivity contribution in [2.45, 2.75) is 6.92 Å². The first-order valence-corrected chi connectivity index (χ1v) is 8.59. The summed E-state index contributed by atoms with van der Waals surface area (Å²) in [5, 5.41) is 21.3. The van der Waals surface area contributed by atoms with E-state index in [0.717, 1.165) is 0 Å². The average Bonchev–Trinajstić information content (AvgIpc) is 2.65. The number of benzene rings is 3. The molecule has 0 aromatic heterocycles. The molecule has 0 atom stereocenters. The Labute approximate surface area is 159 Å². The van der Waals surface area contributed by atoms with Gasteiger partial charge in [-0.25, -0.2) is 4.79 Å². The van der Waals surface area contributed by atoms with Gasteiger partial charge in [-0.2, -0.15) is 0 Å². The van der Waals surface area contributed by atoms with Crippen LogP contribution in [-0.4, -0.2) is 17.0 Å². The molecule has 28 heavy (non-hydrogen) atoms. The van der Waals surface area contributed by atoms with E-state index in [1.54, 1.807) is 60.7 Å². The standard InChI is InChI=1S/C22H16N2O4/c1-12(25)24-14-7-9-18-20(11-14)28-19-10-13(23)6-8-17(19)21(18)15-4-2-3-5-16(15)22(26)27/h2-11,23H,1H3,(H,24,25)(H,26,27). The van der Waals surface area contributed by atoms with Gasteiger partial charge >= 0.3 is 5.97 Å². The zero-order chi connectivity index (χ0) is 19.8. The van der Waals surface area contributed by atoms with Gasteiger partial charge in [0.1, 0.15) is 11.3 Å². The Morgan fingerprint density at radius 1 is 1.00 bits per heavy atom. The highest BCUT2D eigenvalue weighted by molar-refractivity contribution is 6.08. The smallest absolute Gasteiger partial charge is 0.336 e. The summed E-state index contributed by atoms with van der Waals surface area (Å²) in [6, 6.07) is 17.0. The molecule has 1 amide bonds. The average molecular weight is 372 g/mol. The molecule has 0 saturated carbocycles. The van der Waals surface area contributed by atoms with E-state index < -0.39 is 5.97 Å². The number of fused-ring (bicyclic) bond motifs is 2. The minimum Gasteiger partial charge on any atom is -0.478 e. The lowest BCUT2D eigenvalue weighted by atomic mass is 9.91. The van der Waals surface area contributed by atoms with Gasteiger partial charge in [0.05, 0.1) is 10.9 Å². The summed E-state index contributed by atoms with van der Waals surface area (Å²) in [5.41, 5.74) is 3.22. The van der Waals surface area contributed by atoms with Gasteiger partial charge in [-0.3, -0.25) is 4.79 Å². The number of aromatic carboxylic acids is 1. The van der Waals surface area contributed by atoms with Crippen LogP contribution in [0.3, 0.4) is 0 Å². The van der Waals surface area contributed by atoms with Crippen molar-refractivity contribution in [3.05, 3.63) is 71.6 Å². The number of anilines is 1. The first kappa shape index (κ1) is 17.5. The summed E-state index contributed by atoms with van der Waals surface area (Å²) >= 11 is 0. The molecule has 0 unspecified atom stereocenters. The van der Waals surface area contributed by atoms with Crippen LogP contribution in [0.5, 0.6) is 0 Å². The molecule has 0 bridgehead atoms. The van der Waals surface area contributed by atoms with E-state index in [0.29, 0.717) is 39.1 Å². The molecule has 0 radical (unpaired) electrons. The Balaban J connectivity index is 2.12. The summed E-state index contributed by atoms with van der Waals surface area (Å²) < 4.78 is 5.99. The Morgan fingerprint density at radius 3 is 2.54 bits per heavy atom. The molecule has 1 aliphatic carbocycles. The molecule has 0 saturated heterocycles. The van der Waals surface area contributed by atoms with Gasteiger partial charge in [-0.1, -0.05) is 18.2 Å². The highest BCUT2D eigenvalue weighted by Crippen LogP contribution is 2.41. The second-order valence-corrected chi connectivity index (χ2v) is 6.43. The van der Waals surface area contributed by atoms with Crippen LogP contribution in [0.2, 0.25) is 0 Å². The summed E-state index contributed by atoms with van der Waals surface area (Å²) in [4.78, 5) is 23.2. The molecule has 6 heteroatoms. The van der Waals surface area contributed by atoms with Crippen molar-refractivity contribution in [3.63, 3.8) is 0 Å². The maximum absolute atomic E-state index is 11.8. The summed E-state index contributed by atoms with van der Waals surface area (Å²) in [7, 11) is 0. The van der Waals surface area contributed by atoms with E-state index in [-0.39, 0.29) is 16.8 Å². The zero-order valence-electron chi connectivity index (χ0n) is 14.9. The summed E-state index contributed by atoms with van der Waals surface area (Å²) in [6.07, 6.45) is 0. The van der Waals surface area contributed by atoms with E-state index >= 15 is 0 Å². The number of nitrogens with one attached hydrogen (secondary N) is 2. The minimum atomic E-state index is -1.02. The van der Waals surface area contributed by atoms with Crippen LogP contribution < -0.4 is 10.7 Å². The van der Waals surface area contributed by atoms with E-state index in [1.807, 2.05) is 0 Å². The van der Waals surface area contributed by atoms with Crippen molar-refractivity contribution in [2.24, 2.45) is 0 Å². The molecule has 2 aromatic carbocycles. The number of carboxylic acid groups (broad SMARTS) is 1. The van der Waals surface area contributed by atoms with Crippen LogP contribution in [0.25, 0.3) is 33.4 Å². The molecular weight excluding hydrogens is 356 g/mol. The van der Waals surface area contributed by atoms with Crippen molar-refractivity contribution in [1.82, 2.24) is 0 Å². The van der Waals surface area contributed by atoms with E-state index in [2.05, 4.69) is 5.32 Å². The first-order valence-electron chi connectivity index (χ1n) is 8.59. The van der Waals surface area contributed by atoms with Crippen molar-refractivity contribution >= 4 is 28.5 Å². The fourth-order valence-corrected chi connectivity index (χ4v) is 3.35. The first-order chi connectivity index (χ1) is 13.4. The predicted molar refractivity (Wildman–Crippen MR) is 105 cm³/mol. The van der Waals surface area contributed by atoms with Gasteiger partial charge in [0.15, 0.2) is 0 Å². The van der Waals surface area contributed by atoms with Crippen LogP contribution in [-0.2, 0) is 4.79 Å². The van der Waals surface area contributed by atoms with E-state index in [9.17, 15) is 14.7 Å². The summed E-state index contributed by atoms with van der Waals surface area (Å²) in [6.45, 7) is 1.42. The molecule has 2 aromatic rings. The highest BCUT2D eigenvalue weighted by atomic mass is 16.4. The monoisotopic (exact) mass is 372 g/mol. The normalized spacial score (nSPS) is 10.9. The fraction of sp³-hybridized carbons (Fsp3) is 0.0455. The van der Waals surface area contributed by atoms with Gasteiger partial charge in [0.25, 0.3) is 0 Å². The molecule has 6 nitrogen and oxygen atoms in total. The largest absolute Gasteiger partial charge is 0.478 e. The molecule has 3 N–H and O–H groups in total. The van der Waals surface area contributed by atoms with E-state index in [4.69, 9.17) is 9.83 Å². The maximum atomic E-state index is 11.8. The van der Waals surface area contributed by atoms with Gasteiger partial charge in [-0.05, 0) is 35.9 Å². The maximum Gasteiger partial charge on any atom is 0.336 e. The Bertz CT molecular complexity index is 1270. The fourth-order valence-electron chi connectivity index (χ4n) is 3.35. The van der Waals surface area contributed by atoms with Crippen LogP contribution in [0, 0.1) is 5.41 Å². The molecule has 1 aliphatic heterocycles. The predicted octanol–water partition coefficient (Wildman–Crippen LogP) is 4.34. The lowest BCUT2D eigenvalue weighted by molar-refractivity contribution is -0.114. The molecule has 138 valence electrons. The van der Waals surface area contributed by atoms with Gasteiger partial charge in [0.2, 0.25) is 5.91 Å². The lowest BCUT2D eigenvalue weighted by Gasteiger charge is -2.17. The van der Waals surface area contributed by atoms with Crippen molar-refractivity contribution in [2.75, 3.05) is 5.32 Å². The number of rotatable bonds is 3. The van der Waals surface area contributed by atoms with Gasteiger partial charge in [0, 0.05) is 41.3 Å². The van der Waals surface area contributed by atoms with E-state index in [1.165, 1.54) is 6.92 Å². The van der Waals surface area contributed by atoms with Crippen molar-refractivity contribution in [3.8, 4) is 22.5 Å². The molecule has 0 fully saturated rings. The number of hydrogen-bond donors (Lipinski definition) is 3. The zero-order valence-corrected chi connectivity index (χ0v) is 14.9. The number of hydrogen-bond acceptors (Lipinski definition) is 4. The van der Waals surface area contributed by atoms with Crippen molar-refractivity contribution in [1.29, 1.82) is 5.41 Å². The quantitative estimate of drug-likeness (QED) is 0.465. The van der Waals surface area contributed by atoms with Gasteiger partial charge in [-0.15, -0.1) is 0 Å². The second kappa shape index (κ2) is 6.66. The molecule has 1 heterocycles. The van der Waals surface area contributed by atoms with Crippen LogP contribution in [0.1, 0.15) is 17.3 Å². The highest BCUT2D eigenvalue weighted by Gasteiger charge is 2.21. The number of carbonyl (C=O) groups excluding carboxylic acids is 1. The molecule has 4 rings (SSSR count). The number of amides is 1. The third kappa shape index (κ3) is 3.01. The Morgan fingerprint density at radius 2 is 1.79 bits per heavy atom. The second-order valence-electron chi connectivity index (χ2n) is 6.43. The van der Waals surface area contributed by atoms with Crippen molar-refractivity contribution < 1.29 is 19.1 Å². The van der Waals surface area contributed by atoms with Crippen LogP contribution in [0.4, 0.5) is 5.69 Å². The number of carbonyl (C=O) groups is 2. The minimum absolute atomic E-state index is 0.178. The van der Waals surface area contributed by atoms with Crippen LogP contribution >= 0.6 is 0 Å². The third-order valence-electron chi connectivity index (χ3n) is 4.47. The molecular formula is C22H16N2O4. The topological polar surface area (TPSA) is 103 Å². The SMILES string of the molecule is CC(=O)Nc1ccc2c(-c3ccccc3C(=O)O)c3ccc(=N)cc-3oc2c1. The van der Waals surface area contributed by atoms with Crippen LogP contribution in [0.15, 0.2) is 65.1 Å². The third-order valence-corrected chi connectivity index (χ3v) is 4.47. The van der Waals surface area contributed by atoms with Gasteiger partial charge < -0.3 is 20.2 Å². The Hall–Kier alpha value is -3.93. The number of carboxylic acids is 1. The Kier molecular flexibility index (Phi) is 4.16. The molecule has 0 spiro atoms. The summed E-state index contributed by atoms with van der Waals surface area (Å²) in [5.74, 6) is -0.759. The molecule has 2 aliphatic rings.